The molecule has 0 amide bonds. The van der Waals surface area contributed by atoms with Gasteiger partial charge in [0.1, 0.15) is 5.82 Å². The van der Waals surface area contributed by atoms with Crippen molar-refractivity contribution in [3.05, 3.63) is 48.0 Å². The molecule has 0 aliphatic carbocycles. The minimum Gasteiger partial charge on any atom is -0.493 e. The zero-order valence-electron chi connectivity index (χ0n) is 11.9. The highest BCUT2D eigenvalue weighted by Crippen LogP contribution is 2.29. The van der Waals surface area contributed by atoms with Crippen LogP contribution in [0.2, 0.25) is 0 Å². The highest BCUT2D eigenvalue weighted by molar-refractivity contribution is 7.13. The lowest BCUT2D eigenvalue weighted by molar-refractivity contribution is 0.354. The SMILES string of the molecule is COc1ccc(CNc2nsc3ccccc23)cc1OC. The van der Waals surface area contributed by atoms with Crippen molar-refractivity contribution in [2.24, 2.45) is 0 Å². The molecule has 0 fully saturated rings. The summed E-state index contributed by atoms with van der Waals surface area (Å²) in [4.78, 5) is 0. The van der Waals surface area contributed by atoms with E-state index in [1.54, 1.807) is 14.2 Å². The van der Waals surface area contributed by atoms with Crippen LogP contribution in [0.4, 0.5) is 5.82 Å². The molecule has 0 bridgehead atoms. The number of aromatic nitrogens is 1. The van der Waals surface area contributed by atoms with Crippen molar-refractivity contribution in [3.8, 4) is 11.5 Å². The van der Waals surface area contributed by atoms with E-state index in [2.05, 4.69) is 21.8 Å². The van der Waals surface area contributed by atoms with Gasteiger partial charge in [-0.1, -0.05) is 18.2 Å². The van der Waals surface area contributed by atoms with Gasteiger partial charge in [0.2, 0.25) is 0 Å². The number of nitrogens with zero attached hydrogens (tertiary/aromatic N) is 1. The molecule has 5 heteroatoms. The van der Waals surface area contributed by atoms with E-state index in [0.29, 0.717) is 6.54 Å². The van der Waals surface area contributed by atoms with Gasteiger partial charge in [0.05, 0.1) is 18.9 Å². The molecule has 4 nitrogen and oxygen atoms in total. The topological polar surface area (TPSA) is 43.4 Å². The Morgan fingerprint density at radius 1 is 1.05 bits per heavy atom. The van der Waals surface area contributed by atoms with Crippen LogP contribution < -0.4 is 14.8 Å². The van der Waals surface area contributed by atoms with Crippen LogP contribution in [-0.4, -0.2) is 18.6 Å². The van der Waals surface area contributed by atoms with E-state index in [1.807, 2.05) is 30.3 Å². The second-order valence-electron chi connectivity index (χ2n) is 4.57. The number of nitrogens with one attached hydrogen (secondary N) is 1. The molecule has 1 heterocycles. The second-order valence-corrected chi connectivity index (χ2v) is 5.38. The van der Waals surface area contributed by atoms with Crippen molar-refractivity contribution in [2.75, 3.05) is 19.5 Å². The molecule has 2 aromatic carbocycles. The molecule has 0 radical (unpaired) electrons. The van der Waals surface area contributed by atoms with Gasteiger partial charge in [-0.3, -0.25) is 0 Å². The van der Waals surface area contributed by atoms with Gasteiger partial charge in [0.15, 0.2) is 11.5 Å². The summed E-state index contributed by atoms with van der Waals surface area (Å²) in [7, 11) is 3.28. The van der Waals surface area contributed by atoms with Crippen LogP contribution >= 0.6 is 11.5 Å². The van der Waals surface area contributed by atoms with Crippen LogP contribution in [0, 0.1) is 0 Å². The minimum atomic E-state index is 0.689. The molecule has 3 rings (SSSR count). The Bertz CT molecular complexity index is 755. The summed E-state index contributed by atoms with van der Waals surface area (Å²) < 4.78 is 16.2. The van der Waals surface area contributed by atoms with Gasteiger partial charge in [-0.2, -0.15) is 4.37 Å². The van der Waals surface area contributed by atoms with Gasteiger partial charge >= 0.3 is 0 Å². The molecule has 0 atom stereocenters. The molecule has 0 aliphatic rings. The number of rotatable bonds is 5. The summed E-state index contributed by atoms with van der Waals surface area (Å²) in [6.45, 7) is 0.689. The first-order chi connectivity index (χ1) is 10.3. The van der Waals surface area contributed by atoms with Crippen molar-refractivity contribution >= 4 is 27.4 Å². The lowest BCUT2D eigenvalue weighted by Gasteiger charge is -2.10. The zero-order chi connectivity index (χ0) is 14.7. The Morgan fingerprint density at radius 3 is 2.67 bits per heavy atom. The maximum atomic E-state index is 5.32. The molecular formula is C16H16N2O2S. The molecule has 108 valence electrons. The quantitative estimate of drug-likeness (QED) is 0.775. The van der Waals surface area contributed by atoms with Crippen LogP contribution in [0.25, 0.3) is 10.1 Å². The third-order valence-corrected chi connectivity index (χ3v) is 4.11. The molecule has 0 aliphatic heterocycles. The van der Waals surface area contributed by atoms with Gasteiger partial charge in [0, 0.05) is 11.9 Å². The highest BCUT2D eigenvalue weighted by atomic mass is 32.1. The van der Waals surface area contributed by atoms with Gasteiger partial charge in [0.25, 0.3) is 0 Å². The normalized spacial score (nSPS) is 10.6. The van der Waals surface area contributed by atoms with Crippen LogP contribution in [0.15, 0.2) is 42.5 Å². The molecule has 1 aromatic heterocycles. The van der Waals surface area contributed by atoms with E-state index in [9.17, 15) is 0 Å². The Hall–Kier alpha value is -2.27. The minimum absolute atomic E-state index is 0.689. The van der Waals surface area contributed by atoms with Gasteiger partial charge in [-0.25, -0.2) is 0 Å². The average Bonchev–Trinajstić information content (AvgIpc) is 2.96. The van der Waals surface area contributed by atoms with E-state index in [1.165, 1.54) is 16.2 Å². The molecule has 1 N–H and O–H groups in total. The third-order valence-electron chi connectivity index (χ3n) is 3.29. The van der Waals surface area contributed by atoms with Crippen molar-refractivity contribution < 1.29 is 9.47 Å². The highest BCUT2D eigenvalue weighted by Gasteiger charge is 2.07. The van der Waals surface area contributed by atoms with E-state index in [-0.39, 0.29) is 0 Å². The summed E-state index contributed by atoms with van der Waals surface area (Å²) in [5, 5.41) is 4.53. The van der Waals surface area contributed by atoms with Crippen LogP contribution in [0.3, 0.4) is 0 Å². The average molecular weight is 300 g/mol. The number of fused-ring (bicyclic) bond motifs is 1. The molecule has 0 unspecified atom stereocenters. The maximum absolute atomic E-state index is 5.32. The monoisotopic (exact) mass is 300 g/mol. The van der Waals surface area contributed by atoms with Crippen LogP contribution in [0.5, 0.6) is 11.5 Å². The lowest BCUT2D eigenvalue weighted by Crippen LogP contribution is -2.01. The first kappa shape index (κ1) is 13.7. The fourth-order valence-electron chi connectivity index (χ4n) is 2.19. The van der Waals surface area contributed by atoms with E-state index < -0.39 is 0 Å². The molecule has 0 saturated carbocycles. The summed E-state index contributed by atoms with van der Waals surface area (Å²) in [5.41, 5.74) is 1.12. The summed E-state index contributed by atoms with van der Waals surface area (Å²) in [5.74, 6) is 2.39. The predicted molar refractivity (Wildman–Crippen MR) is 86.5 cm³/mol. The third kappa shape index (κ3) is 2.78. The van der Waals surface area contributed by atoms with Gasteiger partial charge in [-0.05, 0) is 41.4 Å². The number of benzene rings is 2. The molecule has 0 spiro atoms. The van der Waals surface area contributed by atoms with Gasteiger partial charge < -0.3 is 14.8 Å². The molecular weight excluding hydrogens is 284 g/mol. The van der Waals surface area contributed by atoms with Crippen molar-refractivity contribution in [3.63, 3.8) is 0 Å². The first-order valence-corrected chi connectivity index (χ1v) is 7.38. The Kier molecular flexibility index (Phi) is 3.92. The first-order valence-electron chi connectivity index (χ1n) is 6.61. The van der Waals surface area contributed by atoms with Crippen LogP contribution in [0.1, 0.15) is 5.56 Å². The number of hydrogen-bond acceptors (Lipinski definition) is 5. The Labute approximate surface area is 127 Å². The van der Waals surface area contributed by atoms with E-state index >= 15 is 0 Å². The number of hydrogen-bond donors (Lipinski definition) is 1. The summed E-state index contributed by atoms with van der Waals surface area (Å²) in [6.07, 6.45) is 0. The van der Waals surface area contributed by atoms with Crippen LogP contribution in [-0.2, 0) is 6.54 Å². The fourth-order valence-corrected chi connectivity index (χ4v) is 2.94. The van der Waals surface area contributed by atoms with E-state index in [4.69, 9.17) is 9.47 Å². The molecule has 21 heavy (non-hydrogen) atoms. The lowest BCUT2D eigenvalue weighted by atomic mass is 10.2. The van der Waals surface area contributed by atoms with Crippen molar-refractivity contribution in [1.82, 2.24) is 4.37 Å². The Morgan fingerprint density at radius 2 is 1.86 bits per heavy atom. The van der Waals surface area contributed by atoms with Gasteiger partial charge in [-0.15, -0.1) is 0 Å². The molecule has 3 aromatic rings. The largest absolute Gasteiger partial charge is 0.493 e. The smallest absolute Gasteiger partial charge is 0.161 e. The number of ether oxygens (including phenoxy) is 2. The van der Waals surface area contributed by atoms with Crippen molar-refractivity contribution in [1.29, 1.82) is 0 Å². The number of methoxy groups -OCH3 is 2. The number of anilines is 1. The van der Waals surface area contributed by atoms with Crippen molar-refractivity contribution in [2.45, 2.75) is 6.54 Å². The maximum Gasteiger partial charge on any atom is 0.161 e. The Balaban J connectivity index is 1.78. The predicted octanol–water partition coefficient (Wildman–Crippen LogP) is 3.93. The second kappa shape index (κ2) is 6.01. The molecule has 0 saturated heterocycles. The zero-order valence-corrected chi connectivity index (χ0v) is 12.7. The fraction of sp³-hybridized carbons (Fsp3) is 0.188. The summed E-state index contributed by atoms with van der Waals surface area (Å²) in [6, 6.07) is 14.1. The standard InChI is InChI=1S/C16H16N2O2S/c1-19-13-8-7-11(9-14(13)20-2)10-17-16-12-5-3-4-6-15(12)21-18-16/h3-9H,10H2,1-2H3,(H,17,18). The van der Waals surface area contributed by atoms with E-state index in [0.717, 1.165) is 28.3 Å². The summed E-state index contributed by atoms with van der Waals surface area (Å²) >= 11 is 1.51.